The molecule has 4 rings (SSSR count). The maximum Gasteiger partial charge on any atom is 0.323 e. The molecule has 0 amide bonds. The molecular formula is C22H21F2NO7S2. The molecule has 0 N–H and O–H groups in total. The standard InChI is InChI=1S/C22H21F2NO7S2/c1-33(27,28)11-7-18-16-13-32-20-19(17(26)6-8-22(20,23)24)21(16,9-10-31-18)34(29,30)15-4-2-14(12-25)3-5-15/h2-6,8,16,18H,7,9-11,13H2,1H3/t16-,18-,21-/m0/s1. The molecule has 0 unspecified atom stereocenters. The number of ether oxygens (including phenoxy) is 2. The van der Waals surface area contributed by atoms with Gasteiger partial charge in [0.2, 0.25) is 0 Å². The van der Waals surface area contributed by atoms with Crippen LogP contribution in [0, 0.1) is 17.2 Å². The Balaban J connectivity index is 1.94. The van der Waals surface area contributed by atoms with E-state index in [1.165, 1.54) is 24.3 Å². The zero-order valence-electron chi connectivity index (χ0n) is 18.0. The Morgan fingerprint density at radius 3 is 2.47 bits per heavy atom. The average molecular weight is 514 g/mol. The monoisotopic (exact) mass is 513 g/mol. The lowest BCUT2D eigenvalue weighted by Crippen LogP contribution is -2.62. The molecule has 0 saturated carbocycles. The molecule has 3 atom stereocenters. The molecule has 0 spiro atoms. The first-order valence-corrected chi connectivity index (χ1v) is 13.9. The molecule has 1 fully saturated rings. The third kappa shape index (κ3) is 3.85. The van der Waals surface area contributed by atoms with Gasteiger partial charge in [-0.3, -0.25) is 4.79 Å². The predicted molar refractivity (Wildman–Crippen MR) is 115 cm³/mol. The van der Waals surface area contributed by atoms with E-state index in [-0.39, 0.29) is 35.7 Å². The number of rotatable bonds is 5. The minimum absolute atomic E-state index is 0.0967. The number of fused-ring (bicyclic) bond motifs is 2. The normalized spacial score (nSPS) is 28.5. The van der Waals surface area contributed by atoms with E-state index in [1.807, 2.05) is 6.07 Å². The summed E-state index contributed by atoms with van der Waals surface area (Å²) in [6.45, 7) is -0.695. The van der Waals surface area contributed by atoms with E-state index >= 15 is 0 Å². The maximum absolute atomic E-state index is 14.8. The number of nitriles is 1. The fraction of sp³-hybridized carbons (Fsp3) is 0.455. The molecule has 0 bridgehead atoms. The zero-order valence-corrected chi connectivity index (χ0v) is 19.7. The number of hydrogen-bond donors (Lipinski definition) is 0. The van der Waals surface area contributed by atoms with Gasteiger partial charge in [0.15, 0.2) is 21.4 Å². The van der Waals surface area contributed by atoms with Crippen LogP contribution in [0.1, 0.15) is 18.4 Å². The molecule has 1 aromatic carbocycles. The number of halogens is 2. The number of carbonyl (C=O) groups excluding carboxylic acids is 1. The van der Waals surface area contributed by atoms with Crippen molar-refractivity contribution in [3.05, 3.63) is 53.3 Å². The van der Waals surface area contributed by atoms with Crippen LogP contribution in [0.3, 0.4) is 0 Å². The van der Waals surface area contributed by atoms with Crippen molar-refractivity contribution in [2.45, 2.75) is 34.5 Å². The van der Waals surface area contributed by atoms with Gasteiger partial charge in [0.1, 0.15) is 14.6 Å². The summed E-state index contributed by atoms with van der Waals surface area (Å²) in [6, 6.07) is 6.83. The van der Waals surface area contributed by atoms with E-state index in [0.717, 1.165) is 6.26 Å². The van der Waals surface area contributed by atoms with E-state index in [4.69, 9.17) is 14.7 Å². The van der Waals surface area contributed by atoms with Gasteiger partial charge >= 0.3 is 5.92 Å². The molecule has 182 valence electrons. The van der Waals surface area contributed by atoms with Gasteiger partial charge in [-0.05, 0) is 49.3 Å². The molecule has 1 saturated heterocycles. The number of alkyl halides is 2. The van der Waals surface area contributed by atoms with Crippen LogP contribution in [-0.4, -0.2) is 64.6 Å². The van der Waals surface area contributed by atoms with Crippen LogP contribution in [0.15, 0.2) is 52.6 Å². The van der Waals surface area contributed by atoms with Crippen LogP contribution in [0.25, 0.3) is 0 Å². The summed E-state index contributed by atoms with van der Waals surface area (Å²) in [5.74, 6) is -7.04. The molecule has 1 aliphatic carbocycles. The molecule has 34 heavy (non-hydrogen) atoms. The zero-order chi connectivity index (χ0) is 24.9. The van der Waals surface area contributed by atoms with Gasteiger partial charge in [-0.25, -0.2) is 16.8 Å². The quantitative estimate of drug-likeness (QED) is 0.585. The molecule has 12 heteroatoms. The number of ketones is 1. The maximum atomic E-state index is 14.8. The molecule has 0 aromatic heterocycles. The first kappa shape index (κ1) is 24.5. The van der Waals surface area contributed by atoms with Crippen LogP contribution in [0.4, 0.5) is 8.78 Å². The van der Waals surface area contributed by atoms with Gasteiger partial charge in [0.25, 0.3) is 0 Å². The summed E-state index contributed by atoms with van der Waals surface area (Å²) in [5, 5.41) is 9.05. The van der Waals surface area contributed by atoms with Crippen molar-refractivity contribution in [3.8, 4) is 6.07 Å². The number of allylic oxidation sites excluding steroid dienone is 2. The molecule has 2 aliphatic heterocycles. The number of carbonyl (C=O) groups is 1. The number of benzene rings is 1. The summed E-state index contributed by atoms with van der Waals surface area (Å²) in [7, 11) is -7.95. The lowest BCUT2D eigenvalue weighted by atomic mass is 9.72. The van der Waals surface area contributed by atoms with Crippen molar-refractivity contribution in [2.24, 2.45) is 5.92 Å². The van der Waals surface area contributed by atoms with Crippen molar-refractivity contribution in [3.63, 3.8) is 0 Å². The summed E-state index contributed by atoms with van der Waals surface area (Å²) >= 11 is 0. The van der Waals surface area contributed by atoms with Crippen LogP contribution < -0.4 is 0 Å². The first-order valence-electron chi connectivity index (χ1n) is 10.4. The van der Waals surface area contributed by atoms with Gasteiger partial charge in [0, 0.05) is 18.8 Å². The largest absolute Gasteiger partial charge is 0.490 e. The highest BCUT2D eigenvalue weighted by Crippen LogP contribution is 2.54. The molecule has 2 heterocycles. The Kier molecular flexibility index (Phi) is 5.95. The summed E-state index contributed by atoms with van der Waals surface area (Å²) in [6.07, 6.45) is 0.662. The smallest absolute Gasteiger partial charge is 0.323 e. The van der Waals surface area contributed by atoms with Gasteiger partial charge in [-0.1, -0.05) is 0 Å². The number of hydrogen-bond acceptors (Lipinski definition) is 8. The Morgan fingerprint density at radius 1 is 1.18 bits per heavy atom. The van der Waals surface area contributed by atoms with Crippen LogP contribution in [0.5, 0.6) is 0 Å². The van der Waals surface area contributed by atoms with Crippen LogP contribution in [-0.2, 0) is 33.9 Å². The highest BCUT2D eigenvalue weighted by Gasteiger charge is 2.65. The second-order valence-corrected chi connectivity index (χ2v) is 13.0. The second kappa shape index (κ2) is 8.25. The van der Waals surface area contributed by atoms with E-state index < -0.39 is 66.1 Å². The topological polar surface area (TPSA) is 128 Å². The average Bonchev–Trinajstić information content (AvgIpc) is 2.79. The van der Waals surface area contributed by atoms with Gasteiger partial charge in [0.05, 0.1) is 40.6 Å². The van der Waals surface area contributed by atoms with Crippen molar-refractivity contribution in [1.82, 2.24) is 0 Å². The molecule has 0 radical (unpaired) electrons. The fourth-order valence-corrected chi connectivity index (χ4v) is 7.89. The summed E-state index contributed by atoms with van der Waals surface area (Å²) < 4.78 is 90.2. The highest BCUT2D eigenvalue weighted by molar-refractivity contribution is 7.93. The third-order valence-electron chi connectivity index (χ3n) is 6.45. The lowest BCUT2D eigenvalue weighted by Gasteiger charge is -2.51. The van der Waals surface area contributed by atoms with Crippen LogP contribution >= 0.6 is 0 Å². The van der Waals surface area contributed by atoms with Crippen LogP contribution in [0.2, 0.25) is 0 Å². The van der Waals surface area contributed by atoms with Gasteiger partial charge in [-0.15, -0.1) is 0 Å². The Labute approximate surface area is 195 Å². The Bertz CT molecular complexity index is 1340. The van der Waals surface area contributed by atoms with Crippen molar-refractivity contribution < 1.29 is 39.9 Å². The second-order valence-electron chi connectivity index (χ2n) is 8.55. The molecule has 8 nitrogen and oxygen atoms in total. The fourth-order valence-electron chi connectivity index (χ4n) is 4.88. The molecule has 3 aliphatic rings. The molecule has 1 aromatic rings. The predicted octanol–water partition coefficient (Wildman–Crippen LogP) is 1.97. The third-order valence-corrected chi connectivity index (χ3v) is 9.99. The Morgan fingerprint density at radius 2 is 1.85 bits per heavy atom. The SMILES string of the molecule is CS(=O)(=O)CC[C@@H]1OCC[C@@]2(S(=O)(=O)c3ccc(C#N)cc3)C3=C(OC[C@@H]12)C(F)(F)C=CC3=O. The van der Waals surface area contributed by atoms with Gasteiger partial charge in [-0.2, -0.15) is 14.0 Å². The number of sulfone groups is 2. The Hall–Kier alpha value is -2.62. The van der Waals surface area contributed by atoms with E-state index in [0.29, 0.717) is 12.2 Å². The molecular weight excluding hydrogens is 492 g/mol. The van der Waals surface area contributed by atoms with Crippen molar-refractivity contribution in [2.75, 3.05) is 25.2 Å². The van der Waals surface area contributed by atoms with E-state index in [2.05, 4.69) is 0 Å². The minimum atomic E-state index is -4.51. The van der Waals surface area contributed by atoms with E-state index in [1.54, 1.807) is 0 Å². The van der Waals surface area contributed by atoms with E-state index in [9.17, 15) is 30.4 Å². The number of nitrogens with zero attached hydrogens (tertiary/aromatic N) is 1. The lowest BCUT2D eigenvalue weighted by molar-refractivity contribution is -0.120. The van der Waals surface area contributed by atoms with Crippen molar-refractivity contribution >= 4 is 25.5 Å². The minimum Gasteiger partial charge on any atom is -0.490 e. The summed E-state index contributed by atoms with van der Waals surface area (Å²) in [5.41, 5.74) is -0.450. The van der Waals surface area contributed by atoms with Crippen molar-refractivity contribution in [1.29, 1.82) is 5.26 Å². The van der Waals surface area contributed by atoms with Gasteiger partial charge < -0.3 is 9.47 Å². The highest BCUT2D eigenvalue weighted by atomic mass is 32.2. The summed E-state index contributed by atoms with van der Waals surface area (Å²) in [4.78, 5) is 12.7. The first-order chi connectivity index (χ1) is 15.8.